The van der Waals surface area contributed by atoms with Crippen molar-refractivity contribution in [2.45, 2.75) is 17.9 Å². The lowest BCUT2D eigenvalue weighted by Crippen LogP contribution is -2.40. The summed E-state index contributed by atoms with van der Waals surface area (Å²) in [4.78, 5) is 23.8. The number of halogens is 1. The molecule has 144 valence electrons. The number of sulfonamides is 1. The first-order valence-electron chi connectivity index (χ1n) is 7.84. The molecule has 0 radical (unpaired) electrons. The Hall–Kier alpha value is -2.78. The minimum Gasteiger partial charge on any atom is -0.497 e. The third kappa shape index (κ3) is 5.60. The second-order valence-corrected chi connectivity index (χ2v) is 7.27. The molecule has 0 saturated heterocycles. The Morgan fingerprint density at radius 3 is 2.22 bits per heavy atom. The molecule has 0 amide bonds. The van der Waals surface area contributed by atoms with Gasteiger partial charge in [0.2, 0.25) is 10.0 Å². The number of carbonyl (C=O) groups excluding carboxylic acids is 2. The van der Waals surface area contributed by atoms with Gasteiger partial charge in [0.05, 0.1) is 12.0 Å². The van der Waals surface area contributed by atoms with Gasteiger partial charge >= 0.3 is 5.97 Å². The first kappa shape index (κ1) is 20.5. The number of methoxy groups -OCH3 is 1. The molecule has 7 nitrogen and oxygen atoms in total. The average Bonchev–Trinajstić information content (AvgIpc) is 2.66. The Labute approximate surface area is 156 Å². The van der Waals surface area contributed by atoms with Crippen LogP contribution >= 0.6 is 0 Å². The minimum atomic E-state index is -3.96. The standard InChI is InChI=1S/C18H18FNO6S/c1-12(20-27(23,24)16-9-7-15(25-2)8-10-16)18(22)26-11-17(21)13-3-5-14(19)6-4-13/h3-10,12,20H,11H2,1-2H3/t12-/m0/s1. The van der Waals surface area contributed by atoms with E-state index in [1.54, 1.807) is 0 Å². The molecule has 0 aliphatic rings. The fraction of sp³-hybridized carbons (Fsp3) is 0.222. The summed E-state index contributed by atoms with van der Waals surface area (Å²) in [6.45, 7) is 0.713. The van der Waals surface area contributed by atoms with Gasteiger partial charge in [-0.25, -0.2) is 12.8 Å². The fourth-order valence-corrected chi connectivity index (χ4v) is 3.28. The Balaban J connectivity index is 1.93. The number of hydrogen-bond acceptors (Lipinski definition) is 6. The van der Waals surface area contributed by atoms with E-state index in [1.165, 1.54) is 50.4 Å². The second kappa shape index (κ2) is 8.74. The molecule has 0 spiro atoms. The SMILES string of the molecule is COc1ccc(S(=O)(=O)N[C@@H](C)C(=O)OCC(=O)c2ccc(F)cc2)cc1. The van der Waals surface area contributed by atoms with Crippen LogP contribution in [0, 0.1) is 5.82 Å². The predicted molar refractivity (Wildman–Crippen MR) is 94.5 cm³/mol. The quantitative estimate of drug-likeness (QED) is 0.542. The molecule has 0 bridgehead atoms. The normalized spacial score (nSPS) is 12.3. The van der Waals surface area contributed by atoms with E-state index in [0.717, 1.165) is 12.1 Å². The van der Waals surface area contributed by atoms with Gasteiger partial charge in [0, 0.05) is 5.56 Å². The van der Waals surface area contributed by atoms with Crippen LogP contribution in [-0.4, -0.2) is 39.9 Å². The molecule has 27 heavy (non-hydrogen) atoms. The number of ether oxygens (including phenoxy) is 2. The Morgan fingerprint density at radius 2 is 1.67 bits per heavy atom. The number of carbonyl (C=O) groups is 2. The van der Waals surface area contributed by atoms with Crippen LogP contribution in [0.25, 0.3) is 0 Å². The van der Waals surface area contributed by atoms with Crippen LogP contribution in [0.2, 0.25) is 0 Å². The first-order chi connectivity index (χ1) is 12.7. The van der Waals surface area contributed by atoms with E-state index in [9.17, 15) is 22.4 Å². The molecule has 2 aromatic carbocycles. The van der Waals surface area contributed by atoms with Crippen molar-refractivity contribution >= 4 is 21.8 Å². The lowest BCUT2D eigenvalue weighted by atomic mass is 10.1. The molecular weight excluding hydrogens is 377 g/mol. The number of ketones is 1. The summed E-state index contributed by atoms with van der Waals surface area (Å²) in [6, 6.07) is 9.15. The molecule has 2 aromatic rings. The molecule has 2 rings (SSSR count). The Morgan fingerprint density at radius 1 is 1.07 bits per heavy atom. The van der Waals surface area contributed by atoms with Gasteiger partial charge in [-0.15, -0.1) is 0 Å². The predicted octanol–water partition coefficient (Wildman–Crippen LogP) is 1.93. The molecule has 0 heterocycles. The lowest BCUT2D eigenvalue weighted by molar-refractivity contribution is -0.144. The van der Waals surface area contributed by atoms with E-state index in [2.05, 4.69) is 4.72 Å². The molecule has 0 fully saturated rings. The van der Waals surface area contributed by atoms with Crippen LogP contribution in [-0.2, 0) is 19.6 Å². The highest BCUT2D eigenvalue weighted by Gasteiger charge is 2.24. The van der Waals surface area contributed by atoms with Crippen LogP contribution in [0.1, 0.15) is 17.3 Å². The van der Waals surface area contributed by atoms with Gasteiger partial charge in [0.1, 0.15) is 17.6 Å². The van der Waals surface area contributed by atoms with Crippen molar-refractivity contribution in [1.29, 1.82) is 0 Å². The number of benzene rings is 2. The van der Waals surface area contributed by atoms with Crippen molar-refractivity contribution in [2.75, 3.05) is 13.7 Å². The maximum Gasteiger partial charge on any atom is 0.324 e. The highest BCUT2D eigenvalue weighted by Crippen LogP contribution is 2.15. The third-order valence-corrected chi connectivity index (χ3v) is 5.12. The van der Waals surface area contributed by atoms with Crippen molar-refractivity contribution in [3.8, 4) is 5.75 Å². The second-order valence-electron chi connectivity index (χ2n) is 5.56. The zero-order valence-electron chi connectivity index (χ0n) is 14.6. The van der Waals surface area contributed by atoms with Gasteiger partial charge < -0.3 is 9.47 Å². The summed E-state index contributed by atoms with van der Waals surface area (Å²) in [5.74, 6) is -1.46. The van der Waals surface area contributed by atoms with Crippen LogP contribution in [0.5, 0.6) is 5.75 Å². The molecule has 0 aromatic heterocycles. The van der Waals surface area contributed by atoms with Gasteiger partial charge in [0.25, 0.3) is 0 Å². The van der Waals surface area contributed by atoms with Crippen molar-refractivity contribution in [1.82, 2.24) is 4.72 Å². The first-order valence-corrected chi connectivity index (χ1v) is 9.33. The molecule has 0 aliphatic carbocycles. The van der Waals surface area contributed by atoms with Gasteiger partial charge in [-0.05, 0) is 55.5 Å². The summed E-state index contributed by atoms with van der Waals surface area (Å²) in [5.41, 5.74) is 0.177. The number of rotatable bonds is 8. The van der Waals surface area contributed by atoms with Crippen LogP contribution in [0.15, 0.2) is 53.4 Å². The van der Waals surface area contributed by atoms with Crippen LogP contribution in [0.3, 0.4) is 0 Å². The summed E-state index contributed by atoms with van der Waals surface area (Å²) in [6.07, 6.45) is 0. The topological polar surface area (TPSA) is 98.8 Å². The lowest BCUT2D eigenvalue weighted by Gasteiger charge is -2.14. The van der Waals surface area contributed by atoms with Gasteiger partial charge in [-0.3, -0.25) is 9.59 Å². The molecule has 1 N–H and O–H groups in total. The number of Topliss-reactive ketones (excluding diaryl/α,β-unsaturated/α-hetero) is 1. The van der Waals surface area contributed by atoms with Gasteiger partial charge in [-0.2, -0.15) is 4.72 Å². The van der Waals surface area contributed by atoms with E-state index >= 15 is 0 Å². The molecular formula is C18H18FNO6S. The summed E-state index contributed by atoms with van der Waals surface area (Å²) in [5, 5.41) is 0. The van der Waals surface area contributed by atoms with Crippen molar-refractivity contribution in [3.63, 3.8) is 0 Å². The third-order valence-electron chi connectivity index (χ3n) is 3.57. The number of nitrogens with one attached hydrogen (secondary N) is 1. The maximum absolute atomic E-state index is 12.8. The summed E-state index contributed by atoms with van der Waals surface area (Å²) >= 11 is 0. The van der Waals surface area contributed by atoms with Gasteiger partial charge in [0.15, 0.2) is 12.4 Å². The molecule has 0 aliphatic heterocycles. The van der Waals surface area contributed by atoms with E-state index in [4.69, 9.17) is 9.47 Å². The van der Waals surface area contributed by atoms with Crippen LogP contribution in [0.4, 0.5) is 4.39 Å². The zero-order valence-corrected chi connectivity index (χ0v) is 15.5. The van der Waals surface area contributed by atoms with Crippen molar-refractivity contribution in [2.24, 2.45) is 0 Å². The van der Waals surface area contributed by atoms with E-state index in [0.29, 0.717) is 5.75 Å². The zero-order chi connectivity index (χ0) is 20.0. The monoisotopic (exact) mass is 395 g/mol. The van der Waals surface area contributed by atoms with E-state index < -0.39 is 40.2 Å². The van der Waals surface area contributed by atoms with Crippen LogP contribution < -0.4 is 9.46 Å². The minimum absolute atomic E-state index is 0.0506. The number of hydrogen-bond donors (Lipinski definition) is 1. The fourth-order valence-electron chi connectivity index (χ4n) is 2.08. The van der Waals surface area contributed by atoms with Crippen molar-refractivity contribution in [3.05, 3.63) is 59.9 Å². The maximum atomic E-state index is 12.8. The largest absolute Gasteiger partial charge is 0.497 e. The molecule has 0 unspecified atom stereocenters. The Kier molecular flexibility index (Phi) is 6.65. The van der Waals surface area contributed by atoms with E-state index in [1.807, 2.05) is 0 Å². The molecule has 9 heteroatoms. The van der Waals surface area contributed by atoms with Gasteiger partial charge in [-0.1, -0.05) is 0 Å². The number of esters is 1. The van der Waals surface area contributed by atoms with E-state index in [-0.39, 0.29) is 10.5 Å². The summed E-state index contributed by atoms with van der Waals surface area (Å²) in [7, 11) is -2.51. The Bertz CT molecular complexity index is 910. The van der Waals surface area contributed by atoms with Crippen molar-refractivity contribution < 1.29 is 31.9 Å². The summed E-state index contributed by atoms with van der Waals surface area (Å²) < 4.78 is 49.4. The molecule has 1 atom stereocenters. The highest BCUT2D eigenvalue weighted by molar-refractivity contribution is 7.89. The smallest absolute Gasteiger partial charge is 0.324 e. The average molecular weight is 395 g/mol. The molecule has 0 saturated carbocycles. The highest BCUT2D eigenvalue weighted by atomic mass is 32.2.